The summed E-state index contributed by atoms with van der Waals surface area (Å²) in [7, 11) is -3.79. The first-order valence-corrected chi connectivity index (χ1v) is 8.21. The zero-order chi connectivity index (χ0) is 15.6. The lowest BCUT2D eigenvalue weighted by Gasteiger charge is -2.16. The molecule has 1 heterocycles. The zero-order valence-electron chi connectivity index (χ0n) is 12.0. The fourth-order valence-electron chi connectivity index (χ4n) is 2.28. The topological polar surface area (TPSA) is 79.5 Å². The number of aromatic nitrogens is 1. The van der Waals surface area contributed by atoms with Crippen LogP contribution in [-0.2, 0) is 10.0 Å². The Hall–Kier alpha value is -1.63. The van der Waals surface area contributed by atoms with E-state index in [4.69, 9.17) is 0 Å². The summed E-state index contributed by atoms with van der Waals surface area (Å²) in [5.41, 5.74) is 0.639. The van der Waals surface area contributed by atoms with Gasteiger partial charge in [0.15, 0.2) is 0 Å². The fourth-order valence-corrected chi connectivity index (χ4v) is 3.75. The summed E-state index contributed by atoms with van der Waals surface area (Å²) in [4.78, 5) is 0.139. The quantitative estimate of drug-likeness (QED) is 0.887. The van der Waals surface area contributed by atoms with Crippen LogP contribution in [0.3, 0.4) is 0 Å². The maximum absolute atomic E-state index is 12.7. The molecule has 6 heteroatoms. The minimum absolute atomic E-state index is 0.139. The molecule has 1 aromatic heterocycles. The molecule has 114 valence electrons. The lowest BCUT2D eigenvalue weighted by molar-refractivity contribution is 0.157. The number of hydrogen-bond acceptors (Lipinski definition) is 4. The van der Waals surface area contributed by atoms with E-state index in [1.807, 2.05) is 0 Å². The number of hydrogen-bond donors (Lipinski definition) is 2. The molecule has 2 N–H and O–H groups in total. The van der Waals surface area contributed by atoms with Crippen molar-refractivity contribution in [1.29, 1.82) is 0 Å². The van der Waals surface area contributed by atoms with Crippen molar-refractivity contribution in [2.45, 2.75) is 37.4 Å². The van der Waals surface area contributed by atoms with Gasteiger partial charge in [-0.1, -0.05) is 25.1 Å². The maximum Gasteiger partial charge on any atom is 0.267 e. The van der Waals surface area contributed by atoms with Crippen molar-refractivity contribution in [2.24, 2.45) is 0 Å². The van der Waals surface area contributed by atoms with Gasteiger partial charge in [-0.05, 0) is 31.5 Å². The highest BCUT2D eigenvalue weighted by Gasteiger charge is 2.26. The standard InChI is InChI=1S/C15H19NO4S/c1-3-14(18)13-9-10-16(15(13)11(2)17)21(19,20)12-7-5-4-6-8-12/h4-11,14,17-18H,3H2,1-2H3. The second-order valence-corrected chi connectivity index (χ2v) is 6.69. The van der Waals surface area contributed by atoms with Crippen molar-refractivity contribution in [2.75, 3.05) is 0 Å². The van der Waals surface area contributed by atoms with Crippen LogP contribution in [0.4, 0.5) is 0 Å². The number of aliphatic hydroxyl groups is 2. The predicted molar refractivity (Wildman–Crippen MR) is 79.3 cm³/mol. The van der Waals surface area contributed by atoms with Crippen LogP contribution in [-0.4, -0.2) is 22.6 Å². The molecule has 0 aliphatic heterocycles. The molecule has 0 saturated heterocycles. The monoisotopic (exact) mass is 309 g/mol. The van der Waals surface area contributed by atoms with E-state index in [2.05, 4.69) is 0 Å². The molecule has 1 aromatic carbocycles. The SMILES string of the molecule is CCC(O)c1ccn(S(=O)(=O)c2ccccc2)c1C(C)O. The van der Waals surface area contributed by atoms with E-state index in [1.165, 1.54) is 31.3 Å². The highest BCUT2D eigenvalue weighted by molar-refractivity contribution is 7.90. The first kappa shape index (κ1) is 15.8. The average molecular weight is 309 g/mol. The van der Waals surface area contributed by atoms with E-state index in [-0.39, 0.29) is 10.6 Å². The van der Waals surface area contributed by atoms with Crippen LogP contribution in [0, 0.1) is 0 Å². The molecule has 0 fully saturated rings. The molecule has 0 spiro atoms. The van der Waals surface area contributed by atoms with Crippen LogP contribution in [0.5, 0.6) is 0 Å². The van der Waals surface area contributed by atoms with Crippen LogP contribution in [0.25, 0.3) is 0 Å². The first-order chi connectivity index (χ1) is 9.89. The second kappa shape index (κ2) is 6.01. The minimum Gasteiger partial charge on any atom is -0.388 e. The molecule has 5 nitrogen and oxygen atoms in total. The highest BCUT2D eigenvalue weighted by atomic mass is 32.2. The summed E-state index contributed by atoms with van der Waals surface area (Å²) in [5.74, 6) is 0. The summed E-state index contributed by atoms with van der Waals surface area (Å²) in [6.45, 7) is 3.28. The Morgan fingerprint density at radius 1 is 1.14 bits per heavy atom. The van der Waals surface area contributed by atoms with E-state index in [1.54, 1.807) is 25.1 Å². The smallest absolute Gasteiger partial charge is 0.267 e. The van der Waals surface area contributed by atoms with Crippen molar-refractivity contribution < 1.29 is 18.6 Å². The van der Waals surface area contributed by atoms with Crippen LogP contribution in [0.2, 0.25) is 0 Å². The molecule has 21 heavy (non-hydrogen) atoms. The van der Waals surface area contributed by atoms with Gasteiger partial charge >= 0.3 is 0 Å². The van der Waals surface area contributed by atoms with Gasteiger partial charge in [0.1, 0.15) is 0 Å². The van der Waals surface area contributed by atoms with Gasteiger partial charge in [-0.25, -0.2) is 12.4 Å². The molecule has 0 aliphatic carbocycles. The zero-order valence-corrected chi connectivity index (χ0v) is 12.8. The van der Waals surface area contributed by atoms with Crippen molar-refractivity contribution in [3.63, 3.8) is 0 Å². The van der Waals surface area contributed by atoms with Gasteiger partial charge < -0.3 is 10.2 Å². The largest absolute Gasteiger partial charge is 0.388 e. The third-order valence-electron chi connectivity index (χ3n) is 3.36. The van der Waals surface area contributed by atoms with Crippen LogP contribution in [0.15, 0.2) is 47.5 Å². The molecular weight excluding hydrogens is 290 g/mol. The van der Waals surface area contributed by atoms with Crippen molar-refractivity contribution in [3.05, 3.63) is 53.9 Å². The fraction of sp³-hybridized carbons (Fsp3) is 0.333. The molecule has 0 bridgehead atoms. The molecule has 0 radical (unpaired) electrons. The minimum atomic E-state index is -3.79. The summed E-state index contributed by atoms with van der Waals surface area (Å²) in [5, 5.41) is 19.9. The average Bonchev–Trinajstić information content (AvgIpc) is 2.93. The molecule has 2 aromatic rings. The summed E-state index contributed by atoms with van der Waals surface area (Å²) in [6.07, 6.45) is 0.00443. The maximum atomic E-state index is 12.7. The molecule has 2 unspecified atom stereocenters. The van der Waals surface area contributed by atoms with Crippen LogP contribution < -0.4 is 0 Å². The Kier molecular flexibility index (Phi) is 4.51. The number of rotatable bonds is 5. The predicted octanol–water partition coefficient (Wildman–Crippen LogP) is 2.22. The van der Waals surface area contributed by atoms with Crippen molar-refractivity contribution in [1.82, 2.24) is 3.97 Å². The Morgan fingerprint density at radius 2 is 1.76 bits per heavy atom. The first-order valence-electron chi connectivity index (χ1n) is 6.77. The Bertz CT molecular complexity index is 705. The van der Waals surface area contributed by atoms with Crippen LogP contribution >= 0.6 is 0 Å². The Labute approximate surface area is 124 Å². The highest BCUT2D eigenvalue weighted by Crippen LogP contribution is 2.29. The Balaban J connectivity index is 2.62. The molecule has 2 atom stereocenters. The summed E-state index contributed by atoms with van der Waals surface area (Å²) in [6, 6.07) is 9.54. The second-order valence-electron chi connectivity index (χ2n) is 4.87. The number of aliphatic hydroxyl groups excluding tert-OH is 2. The van der Waals surface area contributed by atoms with E-state index in [0.717, 1.165) is 3.97 Å². The molecule has 0 saturated carbocycles. The van der Waals surface area contributed by atoms with Gasteiger partial charge in [0.25, 0.3) is 10.0 Å². The van der Waals surface area contributed by atoms with E-state index in [0.29, 0.717) is 12.0 Å². The summed E-state index contributed by atoms with van der Waals surface area (Å²) < 4.78 is 26.3. The lowest BCUT2D eigenvalue weighted by Crippen LogP contribution is -2.17. The number of nitrogens with zero attached hydrogens (tertiary/aromatic N) is 1. The van der Waals surface area contributed by atoms with Crippen molar-refractivity contribution >= 4 is 10.0 Å². The molecule has 2 rings (SSSR count). The third kappa shape index (κ3) is 2.88. The van der Waals surface area contributed by atoms with Gasteiger partial charge in [0.2, 0.25) is 0 Å². The summed E-state index contributed by atoms with van der Waals surface area (Å²) >= 11 is 0. The van der Waals surface area contributed by atoms with Gasteiger partial charge in [-0.3, -0.25) is 0 Å². The Morgan fingerprint density at radius 3 is 2.29 bits per heavy atom. The van der Waals surface area contributed by atoms with Gasteiger partial charge in [0.05, 0.1) is 22.8 Å². The number of benzene rings is 1. The van der Waals surface area contributed by atoms with Crippen molar-refractivity contribution in [3.8, 4) is 0 Å². The van der Waals surface area contributed by atoms with Crippen LogP contribution in [0.1, 0.15) is 43.7 Å². The van der Waals surface area contributed by atoms with E-state index in [9.17, 15) is 18.6 Å². The van der Waals surface area contributed by atoms with Gasteiger partial charge in [-0.15, -0.1) is 0 Å². The van der Waals surface area contributed by atoms with E-state index >= 15 is 0 Å². The third-order valence-corrected chi connectivity index (χ3v) is 5.07. The van der Waals surface area contributed by atoms with Gasteiger partial charge in [0, 0.05) is 11.8 Å². The lowest BCUT2D eigenvalue weighted by atomic mass is 10.1. The van der Waals surface area contributed by atoms with E-state index < -0.39 is 22.2 Å². The molecular formula is C15H19NO4S. The normalized spacial score (nSPS) is 14.9. The molecule has 0 aliphatic rings. The van der Waals surface area contributed by atoms with Gasteiger partial charge in [-0.2, -0.15) is 0 Å². The molecule has 0 amide bonds.